The van der Waals surface area contributed by atoms with Gasteiger partial charge in [0.15, 0.2) is 0 Å². The molecule has 6 nitrogen and oxygen atoms in total. The largest absolute Gasteiger partial charge is 0.481 e. The Bertz CT molecular complexity index is 742. The lowest BCUT2D eigenvalue weighted by atomic mass is 9.92. The lowest BCUT2D eigenvalue weighted by Gasteiger charge is -2.36. The van der Waals surface area contributed by atoms with Gasteiger partial charge in [-0.1, -0.05) is 15.9 Å². The summed E-state index contributed by atoms with van der Waals surface area (Å²) in [6.07, 6.45) is 0.962. The molecule has 1 heterocycles. The van der Waals surface area contributed by atoms with Crippen LogP contribution < -0.4 is 0 Å². The van der Waals surface area contributed by atoms with Crippen molar-refractivity contribution in [3.8, 4) is 6.07 Å². The topological polar surface area (TPSA) is 98.5 Å². The average molecular weight is 387 g/mol. The first-order chi connectivity index (χ1) is 10.3. The molecule has 1 aliphatic heterocycles. The van der Waals surface area contributed by atoms with Crippen molar-refractivity contribution in [2.24, 2.45) is 5.92 Å². The Balaban J connectivity index is 2.44. The minimum absolute atomic E-state index is 0.00341. The minimum Gasteiger partial charge on any atom is -0.481 e. The van der Waals surface area contributed by atoms with Crippen LogP contribution in [0.4, 0.5) is 0 Å². The third kappa shape index (κ3) is 3.16. The number of rotatable bonds is 3. The zero-order chi connectivity index (χ0) is 16.5. The quantitative estimate of drug-likeness (QED) is 0.857. The van der Waals surface area contributed by atoms with E-state index >= 15 is 0 Å². The van der Waals surface area contributed by atoms with E-state index in [2.05, 4.69) is 15.9 Å². The summed E-state index contributed by atoms with van der Waals surface area (Å²) in [4.78, 5) is 11.3. The third-order valence-corrected chi connectivity index (χ3v) is 6.28. The number of sulfonamides is 1. The first-order valence-electron chi connectivity index (χ1n) is 6.72. The number of carboxylic acids is 1. The van der Waals surface area contributed by atoms with E-state index < -0.39 is 28.0 Å². The van der Waals surface area contributed by atoms with Gasteiger partial charge >= 0.3 is 5.97 Å². The molecule has 1 saturated heterocycles. The molecule has 1 aromatic rings. The second-order valence-corrected chi connectivity index (χ2v) is 8.04. The molecule has 0 bridgehead atoms. The molecule has 0 radical (unpaired) electrons. The molecule has 1 fully saturated rings. The van der Waals surface area contributed by atoms with Gasteiger partial charge in [-0.25, -0.2) is 8.42 Å². The first-order valence-corrected chi connectivity index (χ1v) is 8.96. The number of carboxylic acid groups (broad SMARTS) is 1. The summed E-state index contributed by atoms with van der Waals surface area (Å²) in [5.41, 5.74) is 0.229. The molecule has 1 N–H and O–H groups in total. The van der Waals surface area contributed by atoms with Crippen LogP contribution in [-0.4, -0.2) is 36.4 Å². The predicted molar refractivity (Wildman–Crippen MR) is 82.6 cm³/mol. The lowest BCUT2D eigenvalue weighted by Crippen LogP contribution is -2.49. The highest BCUT2D eigenvalue weighted by Crippen LogP contribution is 2.30. The molecule has 8 heteroatoms. The molecule has 0 unspecified atom stereocenters. The van der Waals surface area contributed by atoms with Crippen molar-refractivity contribution in [1.82, 2.24) is 4.31 Å². The molecule has 0 aromatic heterocycles. The van der Waals surface area contributed by atoms with Crippen LogP contribution in [0, 0.1) is 17.2 Å². The summed E-state index contributed by atoms with van der Waals surface area (Å²) in [7, 11) is -3.84. The van der Waals surface area contributed by atoms with Crippen LogP contribution in [-0.2, 0) is 14.8 Å². The van der Waals surface area contributed by atoms with Crippen LogP contribution in [0.1, 0.15) is 25.3 Å². The Morgan fingerprint density at radius 2 is 2.14 bits per heavy atom. The SMILES string of the molecule is C[C@@H]1[C@H](C(=O)O)CCCN1S(=O)(=O)c1cc(Br)cc(C#N)c1. The number of benzene rings is 1. The van der Waals surface area contributed by atoms with Gasteiger partial charge in [-0.15, -0.1) is 0 Å². The van der Waals surface area contributed by atoms with Crippen molar-refractivity contribution >= 4 is 31.9 Å². The van der Waals surface area contributed by atoms with Crippen LogP contribution >= 0.6 is 15.9 Å². The Labute approximate surface area is 137 Å². The fourth-order valence-corrected chi connectivity index (χ4v) is 5.11. The van der Waals surface area contributed by atoms with Gasteiger partial charge in [0.2, 0.25) is 10.0 Å². The number of hydrogen-bond acceptors (Lipinski definition) is 4. The molecule has 1 aliphatic rings. The number of nitriles is 1. The van der Waals surface area contributed by atoms with Crippen molar-refractivity contribution in [3.05, 3.63) is 28.2 Å². The summed E-state index contributed by atoms with van der Waals surface area (Å²) in [5, 5.41) is 18.2. The normalized spacial score (nSPS) is 23.0. The van der Waals surface area contributed by atoms with Crippen LogP contribution in [0.3, 0.4) is 0 Å². The zero-order valence-electron chi connectivity index (χ0n) is 11.9. The van der Waals surface area contributed by atoms with E-state index in [0.717, 1.165) is 0 Å². The molecule has 0 aliphatic carbocycles. The first kappa shape index (κ1) is 16.9. The van der Waals surface area contributed by atoms with Crippen molar-refractivity contribution in [2.45, 2.75) is 30.7 Å². The standard InChI is InChI=1S/C14H15BrN2O4S/c1-9-13(14(18)19)3-2-4-17(9)22(20,21)12-6-10(8-16)5-11(15)7-12/h5-7,9,13H,2-4H2,1H3,(H,18,19)/t9-,13-/m1/s1. The predicted octanol–water partition coefficient (Wildman–Crippen LogP) is 2.19. The van der Waals surface area contributed by atoms with E-state index in [1.807, 2.05) is 6.07 Å². The Hall–Kier alpha value is -1.43. The van der Waals surface area contributed by atoms with Crippen molar-refractivity contribution in [1.29, 1.82) is 5.26 Å². The Morgan fingerprint density at radius 1 is 1.45 bits per heavy atom. The number of piperidine rings is 1. The molecule has 2 rings (SSSR count). The van der Waals surface area contributed by atoms with Crippen molar-refractivity contribution < 1.29 is 18.3 Å². The molecule has 0 amide bonds. The highest BCUT2D eigenvalue weighted by molar-refractivity contribution is 9.10. The van der Waals surface area contributed by atoms with Crippen LogP contribution in [0.2, 0.25) is 0 Å². The van der Waals surface area contributed by atoms with Gasteiger partial charge in [-0.05, 0) is 38.0 Å². The van der Waals surface area contributed by atoms with Gasteiger partial charge in [0.05, 0.1) is 22.4 Å². The number of halogens is 1. The van der Waals surface area contributed by atoms with E-state index in [1.54, 1.807) is 6.92 Å². The third-order valence-electron chi connectivity index (χ3n) is 3.85. The molecule has 118 valence electrons. The van der Waals surface area contributed by atoms with Gasteiger partial charge in [-0.3, -0.25) is 4.79 Å². The van der Waals surface area contributed by atoms with Crippen LogP contribution in [0.5, 0.6) is 0 Å². The molecular formula is C14H15BrN2O4S. The monoisotopic (exact) mass is 386 g/mol. The fraction of sp³-hybridized carbons (Fsp3) is 0.429. The second kappa shape index (κ2) is 6.36. The van der Waals surface area contributed by atoms with Gasteiger partial charge in [0.1, 0.15) is 0 Å². The molecule has 1 aromatic carbocycles. The molecule has 2 atom stereocenters. The zero-order valence-corrected chi connectivity index (χ0v) is 14.3. The number of aliphatic carboxylic acids is 1. The summed E-state index contributed by atoms with van der Waals surface area (Å²) in [6.45, 7) is 1.89. The molecule has 22 heavy (non-hydrogen) atoms. The average Bonchev–Trinajstić information content (AvgIpc) is 2.46. The molecule has 0 saturated carbocycles. The van der Waals surface area contributed by atoms with Crippen molar-refractivity contribution in [3.63, 3.8) is 0 Å². The highest BCUT2D eigenvalue weighted by atomic mass is 79.9. The van der Waals surface area contributed by atoms with E-state index in [9.17, 15) is 18.3 Å². The summed E-state index contributed by atoms with van der Waals surface area (Å²) < 4.78 is 27.3. The van der Waals surface area contributed by atoms with Crippen LogP contribution in [0.25, 0.3) is 0 Å². The summed E-state index contributed by atoms with van der Waals surface area (Å²) in [5.74, 6) is -1.70. The number of hydrogen-bond donors (Lipinski definition) is 1. The van der Waals surface area contributed by atoms with E-state index in [0.29, 0.717) is 17.3 Å². The second-order valence-electron chi connectivity index (χ2n) is 5.23. The van der Waals surface area contributed by atoms with Gasteiger partial charge in [0, 0.05) is 17.1 Å². The molecule has 0 spiro atoms. The number of carbonyl (C=O) groups is 1. The van der Waals surface area contributed by atoms with E-state index in [4.69, 9.17) is 5.26 Å². The molecular weight excluding hydrogens is 372 g/mol. The maximum atomic E-state index is 12.8. The number of nitrogens with zero attached hydrogens (tertiary/aromatic N) is 2. The van der Waals surface area contributed by atoms with Crippen molar-refractivity contribution in [2.75, 3.05) is 6.54 Å². The smallest absolute Gasteiger partial charge is 0.308 e. The Morgan fingerprint density at radius 3 is 2.73 bits per heavy atom. The highest BCUT2D eigenvalue weighted by Gasteiger charge is 2.39. The maximum absolute atomic E-state index is 12.8. The lowest BCUT2D eigenvalue weighted by molar-refractivity contribution is -0.144. The maximum Gasteiger partial charge on any atom is 0.308 e. The van der Waals surface area contributed by atoms with Gasteiger partial charge in [-0.2, -0.15) is 9.57 Å². The fourth-order valence-electron chi connectivity index (χ4n) is 2.69. The van der Waals surface area contributed by atoms with E-state index in [1.165, 1.54) is 22.5 Å². The van der Waals surface area contributed by atoms with E-state index in [-0.39, 0.29) is 17.0 Å². The van der Waals surface area contributed by atoms with Crippen LogP contribution in [0.15, 0.2) is 27.6 Å². The summed E-state index contributed by atoms with van der Waals surface area (Å²) >= 11 is 3.19. The van der Waals surface area contributed by atoms with Gasteiger partial charge < -0.3 is 5.11 Å². The Kier molecular flexibility index (Phi) is 4.90. The minimum atomic E-state index is -3.84. The summed E-state index contributed by atoms with van der Waals surface area (Å²) in [6, 6.07) is 5.54. The van der Waals surface area contributed by atoms with Gasteiger partial charge in [0.25, 0.3) is 0 Å².